The van der Waals surface area contributed by atoms with E-state index in [4.69, 9.17) is 9.47 Å². The average molecular weight is 410 g/mol. The molecule has 0 saturated heterocycles. The molecule has 4 heteroatoms. The molecular weight excluding hydrogens is 374 g/mol. The first-order chi connectivity index (χ1) is 14.6. The molecular formula is C26H35NO3. The molecule has 0 unspecified atom stereocenters. The van der Waals surface area contributed by atoms with E-state index in [1.165, 1.54) is 11.1 Å². The SMILES string of the molecule is CCCc1cc(NCC(C)=O)ccc1OCCCCC/C=C/c1ccc(OC)cc1. The molecule has 0 aliphatic rings. The maximum absolute atomic E-state index is 11.2. The van der Waals surface area contributed by atoms with Gasteiger partial charge in [0.2, 0.25) is 0 Å². The number of allylic oxidation sites excluding steroid dienone is 1. The van der Waals surface area contributed by atoms with Gasteiger partial charge in [-0.1, -0.05) is 37.6 Å². The molecule has 1 N–H and O–H groups in total. The topological polar surface area (TPSA) is 47.6 Å². The number of hydrogen-bond acceptors (Lipinski definition) is 4. The quantitative estimate of drug-likeness (QED) is 0.372. The van der Waals surface area contributed by atoms with Crippen LogP contribution >= 0.6 is 0 Å². The third-order valence-corrected chi connectivity index (χ3v) is 4.82. The van der Waals surface area contributed by atoms with E-state index in [1.54, 1.807) is 14.0 Å². The molecule has 0 bridgehead atoms. The fraction of sp³-hybridized carbons (Fsp3) is 0.423. The Labute approximate surface area is 181 Å². The van der Waals surface area contributed by atoms with Gasteiger partial charge in [0.05, 0.1) is 20.3 Å². The summed E-state index contributed by atoms with van der Waals surface area (Å²) >= 11 is 0. The summed E-state index contributed by atoms with van der Waals surface area (Å²) in [5.41, 5.74) is 3.38. The average Bonchev–Trinajstić information content (AvgIpc) is 2.75. The highest BCUT2D eigenvalue weighted by molar-refractivity contribution is 5.80. The second-order valence-corrected chi connectivity index (χ2v) is 7.50. The van der Waals surface area contributed by atoms with Crippen molar-refractivity contribution in [1.29, 1.82) is 0 Å². The molecule has 0 aliphatic heterocycles. The number of hydrogen-bond donors (Lipinski definition) is 1. The van der Waals surface area contributed by atoms with Gasteiger partial charge in [0.15, 0.2) is 0 Å². The number of rotatable bonds is 14. The summed E-state index contributed by atoms with van der Waals surface area (Å²) in [7, 11) is 1.68. The van der Waals surface area contributed by atoms with Crippen molar-refractivity contribution in [3.63, 3.8) is 0 Å². The lowest BCUT2D eigenvalue weighted by molar-refractivity contribution is -0.115. The summed E-state index contributed by atoms with van der Waals surface area (Å²) in [6, 6.07) is 14.2. The van der Waals surface area contributed by atoms with Crippen molar-refractivity contribution in [1.82, 2.24) is 0 Å². The lowest BCUT2D eigenvalue weighted by Crippen LogP contribution is -2.10. The number of ether oxygens (including phenoxy) is 2. The number of nitrogens with one attached hydrogen (secondary N) is 1. The van der Waals surface area contributed by atoms with E-state index in [9.17, 15) is 4.79 Å². The molecule has 0 heterocycles. The van der Waals surface area contributed by atoms with Crippen molar-refractivity contribution in [3.05, 3.63) is 59.7 Å². The molecule has 2 aromatic carbocycles. The summed E-state index contributed by atoms with van der Waals surface area (Å²) in [5.74, 6) is 1.98. The molecule has 162 valence electrons. The molecule has 2 aromatic rings. The predicted molar refractivity (Wildman–Crippen MR) is 126 cm³/mol. The molecule has 0 saturated carbocycles. The minimum atomic E-state index is 0.131. The van der Waals surface area contributed by atoms with Crippen LogP contribution in [0.25, 0.3) is 6.08 Å². The number of benzene rings is 2. The van der Waals surface area contributed by atoms with Crippen molar-refractivity contribution < 1.29 is 14.3 Å². The van der Waals surface area contributed by atoms with Crippen molar-refractivity contribution >= 4 is 17.5 Å². The van der Waals surface area contributed by atoms with E-state index in [2.05, 4.69) is 42.6 Å². The van der Waals surface area contributed by atoms with Crippen molar-refractivity contribution in [2.45, 2.75) is 52.4 Å². The summed E-state index contributed by atoms with van der Waals surface area (Å²) in [4.78, 5) is 11.2. The van der Waals surface area contributed by atoms with Crippen LogP contribution in [0.1, 0.15) is 57.1 Å². The van der Waals surface area contributed by atoms with Crippen LogP contribution in [0.3, 0.4) is 0 Å². The molecule has 30 heavy (non-hydrogen) atoms. The molecule has 0 amide bonds. The number of methoxy groups -OCH3 is 1. The molecule has 0 atom stereocenters. The summed E-state index contributed by atoms with van der Waals surface area (Å²) in [6.07, 6.45) is 10.9. The number of aryl methyl sites for hydroxylation is 1. The molecule has 0 aliphatic carbocycles. The van der Waals surface area contributed by atoms with Crippen LogP contribution in [-0.2, 0) is 11.2 Å². The monoisotopic (exact) mass is 409 g/mol. The van der Waals surface area contributed by atoms with Gasteiger partial charge in [-0.05, 0) is 80.5 Å². The fourth-order valence-electron chi connectivity index (χ4n) is 3.18. The van der Waals surface area contributed by atoms with Crippen LogP contribution in [0.15, 0.2) is 48.5 Å². The lowest BCUT2D eigenvalue weighted by atomic mass is 10.1. The van der Waals surface area contributed by atoms with Gasteiger partial charge in [-0.25, -0.2) is 0 Å². The first-order valence-electron chi connectivity index (χ1n) is 10.9. The van der Waals surface area contributed by atoms with Crippen LogP contribution in [0.2, 0.25) is 0 Å². The highest BCUT2D eigenvalue weighted by Gasteiger charge is 2.05. The maximum atomic E-state index is 11.2. The Morgan fingerprint density at radius 1 is 1.07 bits per heavy atom. The smallest absolute Gasteiger partial charge is 0.148 e. The maximum Gasteiger partial charge on any atom is 0.148 e. The summed E-state index contributed by atoms with van der Waals surface area (Å²) < 4.78 is 11.2. The van der Waals surface area contributed by atoms with Gasteiger partial charge in [-0.2, -0.15) is 0 Å². The van der Waals surface area contributed by atoms with Gasteiger partial charge in [-0.3, -0.25) is 4.79 Å². The second kappa shape index (κ2) is 13.5. The standard InChI is InChI=1S/C26H35NO3/c1-4-10-23-19-24(27-20-21(2)28)14-17-26(23)30-18-9-7-5-6-8-11-22-12-15-25(29-3)16-13-22/h8,11-17,19,27H,4-7,9-10,18,20H2,1-3H3/b11-8+. The predicted octanol–water partition coefficient (Wildman–Crippen LogP) is 6.30. The van der Waals surface area contributed by atoms with Gasteiger partial charge in [0.25, 0.3) is 0 Å². The number of anilines is 1. The van der Waals surface area contributed by atoms with Crippen molar-refractivity contribution in [2.24, 2.45) is 0 Å². The Balaban J connectivity index is 1.68. The first-order valence-corrected chi connectivity index (χ1v) is 10.9. The van der Waals surface area contributed by atoms with Crippen molar-refractivity contribution in [2.75, 3.05) is 25.6 Å². The third kappa shape index (κ3) is 8.73. The zero-order valence-electron chi connectivity index (χ0n) is 18.6. The van der Waals surface area contributed by atoms with Crippen LogP contribution in [-0.4, -0.2) is 26.0 Å². The largest absolute Gasteiger partial charge is 0.497 e. The second-order valence-electron chi connectivity index (χ2n) is 7.50. The molecule has 0 spiro atoms. The minimum Gasteiger partial charge on any atom is -0.497 e. The van der Waals surface area contributed by atoms with Crippen LogP contribution in [0.5, 0.6) is 11.5 Å². The van der Waals surface area contributed by atoms with E-state index in [-0.39, 0.29) is 5.78 Å². The molecule has 0 radical (unpaired) electrons. The van der Waals surface area contributed by atoms with E-state index in [1.807, 2.05) is 24.3 Å². The number of carbonyl (C=O) groups is 1. The van der Waals surface area contributed by atoms with Crippen molar-refractivity contribution in [3.8, 4) is 11.5 Å². The summed E-state index contributed by atoms with van der Waals surface area (Å²) in [6.45, 7) is 4.85. The van der Waals surface area contributed by atoms with E-state index < -0.39 is 0 Å². The Morgan fingerprint density at radius 2 is 1.87 bits per heavy atom. The highest BCUT2D eigenvalue weighted by Crippen LogP contribution is 2.25. The highest BCUT2D eigenvalue weighted by atomic mass is 16.5. The van der Waals surface area contributed by atoms with Gasteiger partial charge in [0.1, 0.15) is 17.3 Å². The van der Waals surface area contributed by atoms with Gasteiger partial charge in [0, 0.05) is 5.69 Å². The third-order valence-electron chi connectivity index (χ3n) is 4.82. The molecule has 4 nitrogen and oxygen atoms in total. The Bertz CT molecular complexity index is 796. The summed E-state index contributed by atoms with van der Waals surface area (Å²) in [5, 5.41) is 3.17. The number of ketones is 1. The fourth-order valence-corrected chi connectivity index (χ4v) is 3.18. The Morgan fingerprint density at radius 3 is 2.57 bits per heavy atom. The van der Waals surface area contributed by atoms with Crippen LogP contribution < -0.4 is 14.8 Å². The normalized spacial score (nSPS) is 10.9. The van der Waals surface area contributed by atoms with Gasteiger partial charge in [-0.15, -0.1) is 0 Å². The minimum absolute atomic E-state index is 0.131. The zero-order chi connectivity index (χ0) is 21.6. The number of carbonyl (C=O) groups excluding carboxylic acids is 1. The van der Waals surface area contributed by atoms with Gasteiger partial charge >= 0.3 is 0 Å². The van der Waals surface area contributed by atoms with E-state index in [0.717, 1.165) is 62.3 Å². The molecule has 0 aromatic heterocycles. The number of unbranched alkanes of at least 4 members (excludes halogenated alkanes) is 3. The first kappa shape index (κ1) is 23.5. The molecule has 0 fully saturated rings. The van der Waals surface area contributed by atoms with Crippen LogP contribution in [0.4, 0.5) is 5.69 Å². The number of Topliss-reactive ketones (excluding diaryl/α,β-unsaturated/α-hetero) is 1. The Kier molecular flexibility index (Phi) is 10.6. The van der Waals surface area contributed by atoms with E-state index >= 15 is 0 Å². The molecule has 2 rings (SSSR count). The lowest BCUT2D eigenvalue weighted by Gasteiger charge is -2.13. The Hall–Kier alpha value is -2.75. The van der Waals surface area contributed by atoms with E-state index in [0.29, 0.717) is 6.54 Å². The van der Waals surface area contributed by atoms with Gasteiger partial charge < -0.3 is 14.8 Å². The van der Waals surface area contributed by atoms with Crippen LogP contribution in [0, 0.1) is 0 Å². The zero-order valence-corrected chi connectivity index (χ0v) is 18.6.